The summed E-state index contributed by atoms with van der Waals surface area (Å²) in [4.78, 5) is 36.4. The van der Waals surface area contributed by atoms with Gasteiger partial charge in [-0.2, -0.15) is 0 Å². The van der Waals surface area contributed by atoms with Gasteiger partial charge in [0.2, 0.25) is 0 Å². The van der Waals surface area contributed by atoms with Crippen molar-refractivity contribution in [3.8, 4) is 0 Å². The van der Waals surface area contributed by atoms with Gasteiger partial charge in [-0.1, -0.05) is 196 Å². The lowest BCUT2D eigenvalue weighted by atomic mass is 10.0. The smallest absolute Gasteiger partial charge is 0.453 e. The van der Waals surface area contributed by atoms with E-state index in [0.29, 0.717) is 17.4 Å². The quantitative estimate of drug-likeness (QED) is 0.0158. The number of hydrogen-bond donors (Lipinski definition) is 2. The molecule has 0 aliphatic rings. The molecule has 0 aromatic heterocycles. The number of phosphoric ester groups is 1. The summed E-state index contributed by atoms with van der Waals surface area (Å²) in [5, 5.41) is 10.1. The molecule has 2 N–H and O–H groups in total. The van der Waals surface area contributed by atoms with Gasteiger partial charge in [0.25, 0.3) is 0 Å². The molecule has 0 saturated carbocycles. The molecule has 0 bridgehead atoms. The van der Waals surface area contributed by atoms with Crippen LogP contribution in [0.4, 0.5) is 0 Å². The molecular formula is C46H81NO8P+. The normalized spacial score (nSPS) is 15.0. The minimum atomic E-state index is -4.71. The van der Waals surface area contributed by atoms with Crippen LogP contribution in [0.2, 0.25) is 0 Å². The number of phosphoric acid groups is 1. The largest absolute Gasteiger partial charge is 0.473 e. The fourth-order valence-electron chi connectivity index (χ4n) is 5.82. The third-order valence-electron chi connectivity index (χ3n) is 9.24. The Kier molecular flexibility index (Phi) is 35.3. The molecule has 0 aromatic rings. The Morgan fingerprint density at radius 1 is 0.625 bits per heavy atom. The molecule has 0 aliphatic carbocycles. The van der Waals surface area contributed by atoms with E-state index in [2.05, 4.69) is 26.0 Å². The van der Waals surface area contributed by atoms with E-state index < -0.39 is 38.4 Å². The molecule has 322 valence electrons. The first-order valence-electron chi connectivity index (χ1n) is 21.8. The summed E-state index contributed by atoms with van der Waals surface area (Å²) in [6, 6.07) is 0. The first-order valence-corrected chi connectivity index (χ1v) is 23.3. The van der Waals surface area contributed by atoms with Crippen molar-refractivity contribution in [1.82, 2.24) is 0 Å². The van der Waals surface area contributed by atoms with Crippen LogP contribution in [-0.4, -0.2) is 79.3 Å². The van der Waals surface area contributed by atoms with E-state index in [9.17, 15) is 24.2 Å². The van der Waals surface area contributed by atoms with Crippen molar-refractivity contribution in [3.63, 3.8) is 0 Å². The van der Waals surface area contributed by atoms with Crippen molar-refractivity contribution in [2.45, 2.75) is 167 Å². The lowest BCUT2D eigenvalue weighted by Gasteiger charge is -2.27. The van der Waals surface area contributed by atoms with Gasteiger partial charge in [-0.05, 0) is 19.3 Å². The second-order valence-corrected chi connectivity index (χ2v) is 17.1. The number of likely N-dealkylation sites (N-methyl/N-ethyl adjacent to an activating group) is 1. The first-order chi connectivity index (χ1) is 27.0. The third-order valence-corrected chi connectivity index (χ3v) is 10.2. The zero-order chi connectivity index (χ0) is 41.6. The number of allylic oxidation sites excluding steroid dienone is 11. The average Bonchev–Trinajstić information content (AvgIpc) is 3.15. The van der Waals surface area contributed by atoms with Gasteiger partial charge < -0.3 is 19.2 Å². The monoisotopic (exact) mass is 807 g/mol. The van der Waals surface area contributed by atoms with Crippen molar-refractivity contribution in [3.05, 3.63) is 72.9 Å². The number of carbonyl (C=O) groups excluding carboxylic acids is 2. The molecule has 0 aliphatic heterocycles. The minimum Gasteiger partial charge on any atom is -0.453 e. The third kappa shape index (κ3) is 36.0. The molecule has 56 heavy (non-hydrogen) atoms. The highest BCUT2D eigenvalue weighted by Crippen LogP contribution is 2.45. The van der Waals surface area contributed by atoms with E-state index in [4.69, 9.17) is 13.8 Å². The Morgan fingerprint density at radius 3 is 1.52 bits per heavy atom. The van der Waals surface area contributed by atoms with Crippen LogP contribution in [0.1, 0.15) is 155 Å². The van der Waals surface area contributed by atoms with E-state index in [1.165, 1.54) is 109 Å². The van der Waals surface area contributed by atoms with Gasteiger partial charge in [0.05, 0.1) is 27.7 Å². The Hall–Kier alpha value is -2.39. The standard InChI is InChI=1S/C46H80NO8P/c1-6-8-10-12-14-16-18-20-21-22-23-24-25-27-29-31-33-35-37-39-45(50)54-44(42-48)46(55-56(51,52)53-41-40-47(3,4)5)43(49)38-36-34-32-30-28-26-19-17-15-13-11-9-7-2/h21-25,27,29,31,33,35,37,39,44,46,48H,6-20,26,28,30,32,34,36,38,40-42H2,1-5H3/p+1/t44-,46?/m0/s1. The molecule has 0 amide bonds. The number of quaternary nitrogens is 1. The number of ether oxygens (including phenoxy) is 1. The maximum Gasteiger partial charge on any atom is 0.473 e. The number of hydrogen-bond acceptors (Lipinski definition) is 7. The van der Waals surface area contributed by atoms with Crippen LogP contribution in [-0.2, 0) is 27.9 Å². The van der Waals surface area contributed by atoms with E-state index in [-0.39, 0.29) is 13.0 Å². The summed E-state index contributed by atoms with van der Waals surface area (Å²) in [5.41, 5.74) is 0. The van der Waals surface area contributed by atoms with Crippen LogP contribution < -0.4 is 0 Å². The van der Waals surface area contributed by atoms with Gasteiger partial charge in [-0.3, -0.25) is 13.8 Å². The van der Waals surface area contributed by atoms with Gasteiger partial charge in [0.15, 0.2) is 18.0 Å². The summed E-state index contributed by atoms with van der Waals surface area (Å²) in [6.45, 7) is 4.03. The predicted molar refractivity (Wildman–Crippen MR) is 233 cm³/mol. The van der Waals surface area contributed by atoms with Gasteiger partial charge >= 0.3 is 13.8 Å². The summed E-state index contributed by atoms with van der Waals surface area (Å²) in [6.07, 6.45) is 44.0. The average molecular weight is 807 g/mol. The fraction of sp³-hybridized carbons (Fsp3) is 0.696. The highest BCUT2D eigenvalue weighted by molar-refractivity contribution is 7.47. The van der Waals surface area contributed by atoms with Crippen molar-refractivity contribution >= 4 is 19.6 Å². The molecule has 3 atom stereocenters. The Labute approximate surface area is 342 Å². The van der Waals surface area contributed by atoms with Crippen LogP contribution in [0.5, 0.6) is 0 Å². The molecule has 0 aromatic carbocycles. The summed E-state index contributed by atoms with van der Waals surface area (Å²) < 4.78 is 29.1. The van der Waals surface area contributed by atoms with Crippen molar-refractivity contribution in [2.24, 2.45) is 0 Å². The second-order valence-electron chi connectivity index (χ2n) is 15.7. The second kappa shape index (κ2) is 36.9. The summed E-state index contributed by atoms with van der Waals surface area (Å²) >= 11 is 0. The molecule has 0 saturated heterocycles. The Balaban J connectivity index is 4.90. The summed E-state index contributed by atoms with van der Waals surface area (Å²) in [7, 11) is 1.00. The predicted octanol–water partition coefficient (Wildman–Crippen LogP) is 11.6. The lowest BCUT2D eigenvalue weighted by Crippen LogP contribution is -2.41. The van der Waals surface area contributed by atoms with Crippen molar-refractivity contribution < 1.29 is 42.4 Å². The van der Waals surface area contributed by atoms with Crippen LogP contribution in [0.15, 0.2) is 72.9 Å². The number of Topliss-reactive ketones (excluding diaryl/α,β-unsaturated/α-hetero) is 1. The SMILES string of the molecule is CCCCCCCCCC=CC=CC=CC=CC=CC=CC(=O)O[C@@H](CO)C(OP(=O)(O)OCC[N+](C)(C)C)C(=O)CCCCCCCCCCCCCCC. The number of aliphatic hydroxyl groups excluding tert-OH is 1. The lowest BCUT2D eigenvalue weighted by molar-refractivity contribution is -0.870. The Morgan fingerprint density at radius 2 is 1.05 bits per heavy atom. The maximum absolute atomic E-state index is 13.3. The van der Waals surface area contributed by atoms with Crippen LogP contribution in [0.25, 0.3) is 0 Å². The topological polar surface area (TPSA) is 119 Å². The number of esters is 1. The maximum atomic E-state index is 13.3. The molecular weight excluding hydrogens is 725 g/mol. The van der Waals surface area contributed by atoms with Gasteiger partial charge in [0.1, 0.15) is 13.2 Å². The highest BCUT2D eigenvalue weighted by atomic mass is 31.2. The minimum absolute atomic E-state index is 0.0561. The number of unbranched alkanes of at least 4 members (excludes halogenated alkanes) is 19. The van der Waals surface area contributed by atoms with Crippen LogP contribution in [0.3, 0.4) is 0 Å². The van der Waals surface area contributed by atoms with E-state index in [1.54, 1.807) is 12.2 Å². The number of ketones is 1. The highest BCUT2D eigenvalue weighted by Gasteiger charge is 2.38. The first kappa shape index (κ1) is 53.6. The zero-order valence-electron chi connectivity index (χ0n) is 36.0. The molecule has 10 heteroatoms. The number of nitrogens with zero attached hydrogens (tertiary/aromatic N) is 1. The van der Waals surface area contributed by atoms with Crippen molar-refractivity contribution in [2.75, 3.05) is 40.9 Å². The molecule has 0 rings (SSSR count). The number of carbonyl (C=O) groups is 2. The zero-order valence-corrected chi connectivity index (χ0v) is 36.9. The molecule has 0 fully saturated rings. The van der Waals surface area contributed by atoms with Crippen LogP contribution >= 0.6 is 7.82 Å². The van der Waals surface area contributed by atoms with E-state index >= 15 is 0 Å². The van der Waals surface area contributed by atoms with Gasteiger partial charge in [-0.25, -0.2) is 9.36 Å². The van der Waals surface area contributed by atoms with Gasteiger partial charge in [0, 0.05) is 12.5 Å². The van der Waals surface area contributed by atoms with E-state index in [1.807, 2.05) is 57.6 Å². The summed E-state index contributed by atoms with van der Waals surface area (Å²) in [5.74, 6) is -1.36. The van der Waals surface area contributed by atoms with Crippen LogP contribution in [0, 0.1) is 0 Å². The Bertz CT molecular complexity index is 1200. The number of rotatable bonds is 38. The van der Waals surface area contributed by atoms with Crippen molar-refractivity contribution in [1.29, 1.82) is 0 Å². The molecule has 0 heterocycles. The fourth-order valence-corrected chi connectivity index (χ4v) is 6.74. The molecule has 0 radical (unpaired) electrons. The molecule has 0 spiro atoms. The molecule has 9 nitrogen and oxygen atoms in total. The van der Waals surface area contributed by atoms with Gasteiger partial charge in [-0.15, -0.1) is 0 Å². The molecule has 2 unspecified atom stereocenters. The van der Waals surface area contributed by atoms with E-state index in [0.717, 1.165) is 31.8 Å². The number of aliphatic hydroxyl groups is 1.